The van der Waals surface area contributed by atoms with E-state index in [1.807, 2.05) is 13.0 Å². The fourth-order valence-corrected chi connectivity index (χ4v) is 3.90. The smallest absolute Gasteiger partial charge is 0.306 e. The molecule has 1 aliphatic rings. The number of thiazole rings is 1. The number of aromatic nitrogens is 1. The Labute approximate surface area is 133 Å². The first-order valence-corrected chi connectivity index (χ1v) is 8.33. The zero-order valence-electron chi connectivity index (χ0n) is 12.8. The van der Waals surface area contributed by atoms with Crippen LogP contribution in [0.1, 0.15) is 30.7 Å². The summed E-state index contributed by atoms with van der Waals surface area (Å²) in [5, 5.41) is 13.6. The number of nitrogens with zero attached hydrogens (tertiary/aromatic N) is 1. The van der Waals surface area contributed by atoms with E-state index >= 15 is 0 Å². The van der Waals surface area contributed by atoms with Crippen molar-refractivity contribution in [2.45, 2.75) is 38.6 Å². The van der Waals surface area contributed by atoms with Crippen LogP contribution in [0.4, 0.5) is 5.69 Å². The molecule has 0 radical (unpaired) electrons. The summed E-state index contributed by atoms with van der Waals surface area (Å²) in [7, 11) is 1.66. The van der Waals surface area contributed by atoms with Gasteiger partial charge in [0.15, 0.2) is 0 Å². The van der Waals surface area contributed by atoms with Gasteiger partial charge in [-0.05, 0) is 38.7 Å². The summed E-state index contributed by atoms with van der Waals surface area (Å²) >= 11 is 1.67. The molecule has 2 N–H and O–H groups in total. The van der Waals surface area contributed by atoms with E-state index in [0.29, 0.717) is 6.04 Å². The van der Waals surface area contributed by atoms with Gasteiger partial charge in [0, 0.05) is 12.1 Å². The van der Waals surface area contributed by atoms with Gasteiger partial charge in [-0.25, -0.2) is 4.98 Å². The summed E-state index contributed by atoms with van der Waals surface area (Å²) in [6.07, 6.45) is 3.22. The van der Waals surface area contributed by atoms with Gasteiger partial charge >= 0.3 is 5.97 Å². The summed E-state index contributed by atoms with van der Waals surface area (Å²) in [4.78, 5) is 15.5. The molecule has 22 heavy (non-hydrogen) atoms. The first-order valence-electron chi connectivity index (χ1n) is 7.51. The Morgan fingerprint density at radius 2 is 2.09 bits per heavy atom. The molecule has 5 nitrogen and oxygen atoms in total. The minimum absolute atomic E-state index is 0.188. The lowest BCUT2D eigenvalue weighted by Gasteiger charge is -2.28. The lowest BCUT2D eigenvalue weighted by atomic mass is 9.86. The fourth-order valence-electron chi connectivity index (χ4n) is 3.06. The number of ether oxygens (including phenoxy) is 1. The molecular weight excluding hydrogens is 300 g/mol. The predicted octanol–water partition coefficient (Wildman–Crippen LogP) is 3.67. The summed E-state index contributed by atoms with van der Waals surface area (Å²) in [6, 6.07) is 4.35. The zero-order valence-corrected chi connectivity index (χ0v) is 13.6. The summed E-state index contributed by atoms with van der Waals surface area (Å²) in [5.74, 6) is -0.0673. The molecule has 118 valence electrons. The Morgan fingerprint density at radius 3 is 2.73 bits per heavy atom. The standard InChI is InChI=1S/C16H20N2O3S/c1-9-17-13-7-14(21-2)12(8-15(13)22-9)18-11-5-3-10(4-6-11)16(19)20/h7-8,10-11,18H,3-6H2,1-2H3,(H,19,20). The highest BCUT2D eigenvalue weighted by Gasteiger charge is 2.26. The van der Waals surface area contributed by atoms with Crippen molar-refractivity contribution in [3.8, 4) is 5.75 Å². The molecule has 0 amide bonds. The maximum absolute atomic E-state index is 11.0. The molecular formula is C16H20N2O3S. The molecule has 0 bridgehead atoms. The van der Waals surface area contributed by atoms with E-state index in [4.69, 9.17) is 9.84 Å². The highest BCUT2D eigenvalue weighted by atomic mass is 32.1. The molecule has 1 heterocycles. The number of fused-ring (bicyclic) bond motifs is 1. The number of rotatable bonds is 4. The second-order valence-corrected chi connectivity index (χ2v) is 7.02. The van der Waals surface area contributed by atoms with Crippen molar-refractivity contribution in [3.05, 3.63) is 17.1 Å². The van der Waals surface area contributed by atoms with E-state index in [2.05, 4.69) is 16.4 Å². The van der Waals surface area contributed by atoms with E-state index in [1.165, 1.54) is 0 Å². The van der Waals surface area contributed by atoms with Crippen LogP contribution in [0.2, 0.25) is 0 Å². The molecule has 1 saturated carbocycles. The summed E-state index contributed by atoms with van der Waals surface area (Å²) in [6.45, 7) is 2.00. The number of aliphatic carboxylic acids is 1. The van der Waals surface area contributed by atoms with E-state index in [0.717, 1.165) is 52.3 Å². The number of carboxylic acids is 1. The van der Waals surface area contributed by atoms with E-state index in [1.54, 1.807) is 18.4 Å². The number of carboxylic acid groups (broad SMARTS) is 1. The largest absolute Gasteiger partial charge is 0.495 e. The molecule has 2 aromatic rings. The molecule has 0 atom stereocenters. The number of hydrogen-bond donors (Lipinski definition) is 2. The number of hydrogen-bond acceptors (Lipinski definition) is 5. The average Bonchev–Trinajstić information content (AvgIpc) is 2.86. The Kier molecular flexibility index (Phi) is 4.20. The van der Waals surface area contributed by atoms with Crippen molar-refractivity contribution in [3.63, 3.8) is 0 Å². The molecule has 0 saturated heterocycles. The number of carbonyl (C=O) groups is 1. The zero-order chi connectivity index (χ0) is 15.7. The summed E-state index contributed by atoms with van der Waals surface area (Å²) in [5.41, 5.74) is 1.93. The molecule has 0 aliphatic heterocycles. The van der Waals surface area contributed by atoms with Crippen LogP contribution < -0.4 is 10.1 Å². The highest BCUT2D eigenvalue weighted by molar-refractivity contribution is 7.18. The van der Waals surface area contributed by atoms with Gasteiger partial charge < -0.3 is 15.2 Å². The van der Waals surface area contributed by atoms with Crippen LogP contribution in [0.5, 0.6) is 5.75 Å². The maximum atomic E-state index is 11.0. The van der Waals surface area contributed by atoms with Crippen molar-refractivity contribution in [1.82, 2.24) is 4.98 Å². The second-order valence-electron chi connectivity index (χ2n) is 5.78. The number of benzene rings is 1. The van der Waals surface area contributed by atoms with Gasteiger partial charge in [0.2, 0.25) is 0 Å². The number of anilines is 1. The van der Waals surface area contributed by atoms with Gasteiger partial charge in [-0.3, -0.25) is 4.79 Å². The Hall–Kier alpha value is -1.82. The van der Waals surface area contributed by atoms with Crippen LogP contribution in [-0.2, 0) is 4.79 Å². The molecule has 1 fully saturated rings. The number of methoxy groups -OCH3 is 1. The van der Waals surface area contributed by atoms with Crippen LogP contribution in [0.3, 0.4) is 0 Å². The topological polar surface area (TPSA) is 71.5 Å². The van der Waals surface area contributed by atoms with Crippen molar-refractivity contribution >= 4 is 33.2 Å². The quantitative estimate of drug-likeness (QED) is 0.899. The third-order valence-corrected chi connectivity index (χ3v) is 5.19. The van der Waals surface area contributed by atoms with Crippen LogP contribution >= 0.6 is 11.3 Å². The van der Waals surface area contributed by atoms with Crippen LogP contribution in [0.15, 0.2) is 12.1 Å². The van der Waals surface area contributed by atoms with Crippen LogP contribution in [0.25, 0.3) is 10.2 Å². The second kappa shape index (κ2) is 6.12. The minimum Gasteiger partial charge on any atom is -0.495 e. The van der Waals surface area contributed by atoms with Gasteiger partial charge in [0.05, 0.1) is 33.9 Å². The molecule has 1 aromatic heterocycles. The number of aryl methyl sites for hydroxylation is 1. The normalized spacial score (nSPS) is 21.7. The molecule has 1 aliphatic carbocycles. The van der Waals surface area contributed by atoms with E-state index < -0.39 is 5.97 Å². The van der Waals surface area contributed by atoms with Crippen molar-refractivity contribution in [1.29, 1.82) is 0 Å². The third kappa shape index (κ3) is 3.02. The lowest BCUT2D eigenvalue weighted by molar-refractivity contribution is -0.142. The van der Waals surface area contributed by atoms with Gasteiger partial charge in [0.25, 0.3) is 0 Å². The van der Waals surface area contributed by atoms with Gasteiger partial charge in [-0.2, -0.15) is 0 Å². The SMILES string of the molecule is COc1cc2nc(C)sc2cc1NC1CCC(C(=O)O)CC1. The molecule has 6 heteroatoms. The Bertz CT molecular complexity index is 690. The Morgan fingerprint density at radius 1 is 1.36 bits per heavy atom. The van der Waals surface area contributed by atoms with E-state index in [9.17, 15) is 4.79 Å². The highest BCUT2D eigenvalue weighted by Crippen LogP contribution is 2.35. The van der Waals surface area contributed by atoms with Crippen molar-refractivity contribution in [2.24, 2.45) is 5.92 Å². The average molecular weight is 320 g/mol. The monoisotopic (exact) mass is 320 g/mol. The minimum atomic E-state index is -0.669. The fraction of sp³-hybridized carbons (Fsp3) is 0.500. The first-order chi connectivity index (χ1) is 10.6. The first kappa shape index (κ1) is 15.1. The molecule has 0 spiro atoms. The van der Waals surface area contributed by atoms with E-state index in [-0.39, 0.29) is 5.92 Å². The molecule has 3 rings (SSSR count). The lowest BCUT2D eigenvalue weighted by Crippen LogP contribution is -2.29. The summed E-state index contributed by atoms with van der Waals surface area (Å²) < 4.78 is 6.61. The number of nitrogens with one attached hydrogen (secondary N) is 1. The molecule has 0 unspecified atom stereocenters. The maximum Gasteiger partial charge on any atom is 0.306 e. The third-order valence-electron chi connectivity index (χ3n) is 4.25. The van der Waals surface area contributed by atoms with Crippen molar-refractivity contribution < 1.29 is 14.6 Å². The molecule has 1 aromatic carbocycles. The van der Waals surface area contributed by atoms with Crippen LogP contribution in [0, 0.1) is 12.8 Å². The Balaban J connectivity index is 1.77. The van der Waals surface area contributed by atoms with Crippen molar-refractivity contribution in [2.75, 3.05) is 12.4 Å². The van der Waals surface area contributed by atoms with Gasteiger partial charge in [0.1, 0.15) is 5.75 Å². The van der Waals surface area contributed by atoms with Gasteiger partial charge in [-0.1, -0.05) is 0 Å². The van der Waals surface area contributed by atoms with Crippen LogP contribution in [-0.4, -0.2) is 29.2 Å². The van der Waals surface area contributed by atoms with Gasteiger partial charge in [-0.15, -0.1) is 11.3 Å². The predicted molar refractivity (Wildman–Crippen MR) is 87.9 cm³/mol.